The predicted molar refractivity (Wildman–Crippen MR) is 88.8 cm³/mol. The summed E-state index contributed by atoms with van der Waals surface area (Å²) in [6.45, 7) is 4.25. The van der Waals surface area contributed by atoms with Gasteiger partial charge in [-0.1, -0.05) is 17.7 Å². The maximum atomic E-state index is 12.3. The van der Waals surface area contributed by atoms with Gasteiger partial charge in [0.2, 0.25) is 10.0 Å². The van der Waals surface area contributed by atoms with Gasteiger partial charge in [-0.15, -0.1) is 12.4 Å². The number of nitrogens with one attached hydrogen (secondary N) is 2. The number of piperidine rings is 1. The molecule has 0 aromatic heterocycles. The Morgan fingerprint density at radius 3 is 2.86 bits per heavy atom. The molecule has 0 saturated carbocycles. The summed E-state index contributed by atoms with van der Waals surface area (Å²) in [4.78, 5) is 0.270. The monoisotopic (exact) mass is 352 g/mol. The first-order valence-corrected chi connectivity index (χ1v) is 8.82. The van der Waals surface area contributed by atoms with E-state index in [2.05, 4.69) is 10.0 Å². The fourth-order valence-corrected chi connectivity index (χ4v) is 4.07. The zero-order chi connectivity index (χ0) is 14.6. The van der Waals surface area contributed by atoms with Crippen LogP contribution in [0.15, 0.2) is 23.1 Å². The van der Waals surface area contributed by atoms with Crippen LogP contribution in [0.5, 0.6) is 0 Å². The van der Waals surface area contributed by atoms with Crippen molar-refractivity contribution in [3.8, 4) is 0 Å². The highest BCUT2D eigenvalue weighted by Crippen LogP contribution is 2.22. The average Bonchev–Trinajstić information content (AvgIpc) is 2.42. The lowest BCUT2D eigenvalue weighted by Crippen LogP contribution is -2.33. The number of sulfonamides is 1. The Balaban J connectivity index is 0.00000220. The van der Waals surface area contributed by atoms with Crippen molar-refractivity contribution in [2.24, 2.45) is 5.92 Å². The van der Waals surface area contributed by atoms with Gasteiger partial charge < -0.3 is 5.32 Å². The van der Waals surface area contributed by atoms with Crippen molar-refractivity contribution in [3.05, 3.63) is 28.8 Å². The summed E-state index contributed by atoms with van der Waals surface area (Å²) >= 11 is 5.98. The summed E-state index contributed by atoms with van der Waals surface area (Å²) in [7, 11) is -3.47. The molecule has 0 radical (unpaired) electrons. The van der Waals surface area contributed by atoms with Gasteiger partial charge in [-0.3, -0.25) is 0 Å². The lowest BCUT2D eigenvalue weighted by Gasteiger charge is -2.22. The van der Waals surface area contributed by atoms with Crippen LogP contribution in [0.25, 0.3) is 0 Å². The van der Waals surface area contributed by atoms with Crippen molar-refractivity contribution < 1.29 is 8.42 Å². The first-order valence-electron chi connectivity index (χ1n) is 6.96. The first kappa shape index (κ1) is 18.7. The molecule has 1 saturated heterocycles. The SMILES string of the molecule is Cc1c(Cl)cccc1S(=O)(=O)NCCC1CCCNC1.Cl. The molecule has 21 heavy (non-hydrogen) atoms. The Bertz CT molecular complexity index is 558. The van der Waals surface area contributed by atoms with Gasteiger partial charge in [-0.2, -0.15) is 0 Å². The topological polar surface area (TPSA) is 58.2 Å². The summed E-state index contributed by atoms with van der Waals surface area (Å²) in [6, 6.07) is 4.95. The van der Waals surface area contributed by atoms with Crippen LogP contribution in [0.4, 0.5) is 0 Å². The predicted octanol–water partition coefficient (Wildman–Crippen LogP) is 2.74. The van der Waals surface area contributed by atoms with Gasteiger partial charge in [0.05, 0.1) is 4.90 Å². The molecule has 0 aliphatic carbocycles. The van der Waals surface area contributed by atoms with E-state index in [0.29, 0.717) is 23.0 Å². The van der Waals surface area contributed by atoms with Crippen molar-refractivity contribution in [1.29, 1.82) is 0 Å². The minimum absolute atomic E-state index is 0. The van der Waals surface area contributed by atoms with E-state index in [-0.39, 0.29) is 17.3 Å². The van der Waals surface area contributed by atoms with Crippen molar-refractivity contribution >= 4 is 34.0 Å². The lowest BCUT2D eigenvalue weighted by atomic mass is 9.96. The minimum atomic E-state index is -3.47. The molecular weight excluding hydrogens is 331 g/mol. The van der Waals surface area contributed by atoms with Gasteiger partial charge in [0, 0.05) is 11.6 Å². The Morgan fingerprint density at radius 1 is 1.43 bits per heavy atom. The molecule has 1 aliphatic rings. The molecule has 0 bridgehead atoms. The van der Waals surface area contributed by atoms with E-state index in [1.54, 1.807) is 25.1 Å². The third-order valence-corrected chi connectivity index (χ3v) is 5.77. The van der Waals surface area contributed by atoms with Crippen LogP contribution in [0.1, 0.15) is 24.8 Å². The Labute approximate surface area is 138 Å². The summed E-state index contributed by atoms with van der Waals surface area (Å²) < 4.78 is 27.2. The van der Waals surface area contributed by atoms with Crippen LogP contribution in [0.3, 0.4) is 0 Å². The molecule has 0 amide bonds. The fraction of sp³-hybridized carbons (Fsp3) is 0.571. The quantitative estimate of drug-likeness (QED) is 0.856. The van der Waals surface area contributed by atoms with E-state index in [1.807, 2.05) is 0 Å². The molecule has 1 aliphatic heterocycles. The number of rotatable bonds is 5. The molecule has 120 valence electrons. The maximum Gasteiger partial charge on any atom is 0.240 e. The highest BCUT2D eigenvalue weighted by molar-refractivity contribution is 7.89. The Morgan fingerprint density at radius 2 is 2.19 bits per heavy atom. The summed E-state index contributed by atoms with van der Waals surface area (Å²) in [5.74, 6) is 0.562. The van der Waals surface area contributed by atoms with Crippen molar-refractivity contribution in [3.63, 3.8) is 0 Å². The average molecular weight is 353 g/mol. The number of benzene rings is 1. The normalized spacial score (nSPS) is 19.0. The molecule has 1 unspecified atom stereocenters. The molecule has 1 fully saturated rings. The summed E-state index contributed by atoms with van der Waals surface area (Å²) in [6.07, 6.45) is 3.21. The van der Waals surface area contributed by atoms with E-state index in [9.17, 15) is 8.42 Å². The fourth-order valence-electron chi connectivity index (χ4n) is 2.52. The van der Waals surface area contributed by atoms with Crippen LogP contribution < -0.4 is 10.0 Å². The standard InChI is InChI=1S/C14H21ClN2O2S.ClH/c1-11-13(15)5-2-6-14(11)20(18,19)17-9-7-12-4-3-8-16-10-12;/h2,5-6,12,16-17H,3-4,7-10H2,1H3;1H. The van der Waals surface area contributed by atoms with Crippen LogP contribution in [0, 0.1) is 12.8 Å². The van der Waals surface area contributed by atoms with Gasteiger partial charge in [0.1, 0.15) is 0 Å². The zero-order valence-corrected chi connectivity index (χ0v) is 14.5. The van der Waals surface area contributed by atoms with Gasteiger partial charge in [-0.25, -0.2) is 13.1 Å². The summed E-state index contributed by atoms with van der Waals surface area (Å²) in [5.41, 5.74) is 0.598. The van der Waals surface area contributed by atoms with Gasteiger partial charge in [0.15, 0.2) is 0 Å². The Hall–Kier alpha value is -0.330. The van der Waals surface area contributed by atoms with Crippen molar-refractivity contribution in [2.75, 3.05) is 19.6 Å². The third-order valence-electron chi connectivity index (χ3n) is 3.75. The van der Waals surface area contributed by atoms with Crippen LogP contribution in [-0.4, -0.2) is 28.1 Å². The number of hydrogen-bond acceptors (Lipinski definition) is 3. The lowest BCUT2D eigenvalue weighted by molar-refractivity contribution is 0.358. The first-order chi connectivity index (χ1) is 9.50. The number of hydrogen-bond donors (Lipinski definition) is 2. The van der Waals surface area contributed by atoms with Gasteiger partial charge >= 0.3 is 0 Å². The van der Waals surface area contributed by atoms with Crippen LogP contribution in [0.2, 0.25) is 5.02 Å². The van der Waals surface area contributed by atoms with E-state index in [4.69, 9.17) is 11.6 Å². The molecule has 1 aromatic carbocycles. The van der Waals surface area contributed by atoms with E-state index in [1.165, 1.54) is 12.8 Å². The molecule has 1 heterocycles. The summed E-state index contributed by atoms with van der Waals surface area (Å²) in [5, 5.41) is 3.81. The van der Waals surface area contributed by atoms with Crippen LogP contribution in [-0.2, 0) is 10.0 Å². The maximum absolute atomic E-state index is 12.3. The molecule has 2 N–H and O–H groups in total. The van der Waals surface area contributed by atoms with E-state index < -0.39 is 10.0 Å². The minimum Gasteiger partial charge on any atom is -0.316 e. The highest BCUT2D eigenvalue weighted by atomic mass is 35.5. The second-order valence-electron chi connectivity index (χ2n) is 5.26. The molecule has 0 spiro atoms. The Kier molecular flexibility index (Phi) is 7.44. The number of halogens is 2. The van der Waals surface area contributed by atoms with Gasteiger partial charge in [0.25, 0.3) is 0 Å². The van der Waals surface area contributed by atoms with E-state index >= 15 is 0 Å². The highest BCUT2D eigenvalue weighted by Gasteiger charge is 2.19. The molecule has 2 rings (SSSR count). The van der Waals surface area contributed by atoms with Crippen molar-refractivity contribution in [2.45, 2.75) is 31.1 Å². The largest absolute Gasteiger partial charge is 0.316 e. The van der Waals surface area contributed by atoms with Gasteiger partial charge in [-0.05, 0) is 62.9 Å². The second-order valence-corrected chi connectivity index (χ2v) is 7.40. The molecule has 1 atom stereocenters. The smallest absolute Gasteiger partial charge is 0.240 e. The van der Waals surface area contributed by atoms with Crippen LogP contribution >= 0.6 is 24.0 Å². The zero-order valence-electron chi connectivity index (χ0n) is 12.1. The van der Waals surface area contributed by atoms with Crippen molar-refractivity contribution in [1.82, 2.24) is 10.0 Å². The third kappa shape index (κ3) is 5.11. The molecular formula is C14H22Cl2N2O2S. The molecule has 1 aromatic rings. The molecule has 4 nitrogen and oxygen atoms in total. The molecule has 7 heteroatoms. The second kappa shape index (κ2) is 8.34. The van der Waals surface area contributed by atoms with E-state index in [0.717, 1.165) is 19.5 Å².